The van der Waals surface area contributed by atoms with Crippen molar-refractivity contribution in [1.29, 1.82) is 0 Å². The van der Waals surface area contributed by atoms with Crippen LogP contribution in [0.15, 0.2) is 47.5 Å². The largest absolute Gasteiger partial charge is 0.276 e. The van der Waals surface area contributed by atoms with Gasteiger partial charge in [-0.2, -0.15) is 0 Å². The highest BCUT2D eigenvalue weighted by atomic mass is 16.1. The number of hydrogen-bond acceptors (Lipinski definition) is 2. The monoisotopic (exact) mass is 281 g/mol. The Bertz CT molecular complexity index is 848. The van der Waals surface area contributed by atoms with E-state index in [2.05, 4.69) is 24.0 Å². The summed E-state index contributed by atoms with van der Waals surface area (Å²) in [5, 5.41) is 0.646. The van der Waals surface area contributed by atoms with Crippen LogP contribution in [-0.2, 0) is 5.54 Å². The van der Waals surface area contributed by atoms with Crippen LogP contribution < -0.4 is 5.56 Å². The molecular formula is C17H19N3O. The quantitative estimate of drug-likeness (QED) is 0.687. The van der Waals surface area contributed by atoms with Gasteiger partial charge in [-0.15, -0.1) is 0 Å². The van der Waals surface area contributed by atoms with Gasteiger partial charge in [0.25, 0.3) is 5.56 Å². The lowest BCUT2D eigenvalue weighted by atomic mass is 10.1. The number of aryl methyl sites for hydroxylation is 1. The van der Waals surface area contributed by atoms with E-state index in [1.807, 2.05) is 43.7 Å². The molecule has 0 spiro atoms. The summed E-state index contributed by atoms with van der Waals surface area (Å²) in [5.41, 5.74) is 2.73. The van der Waals surface area contributed by atoms with E-state index in [9.17, 15) is 4.79 Å². The molecule has 0 aliphatic rings. The van der Waals surface area contributed by atoms with Crippen LogP contribution in [-0.4, -0.2) is 14.3 Å². The third kappa shape index (κ3) is 2.17. The molecule has 1 aromatic carbocycles. The van der Waals surface area contributed by atoms with Gasteiger partial charge in [0.2, 0.25) is 0 Å². The standard InChI is InChI=1S/C17H19N3O/c1-12-5-7-13(8-6-12)19-15-9-10-18-11-14(15)16(21)20(19)17(2,3)4/h5-11H,1-4H3. The minimum absolute atomic E-state index is 0.00817. The summed E-state index contributed by atoms with van der Waals surface area (Å²) in [4.78, 5) is 16.8. The predicted octanol–water partition coefficient (Wildman–Crippen LogP) is 3.25. The summed E-state index contributed by atoms with van der Waals surface area (Å²) in [6.45, 7) is 8.15. The molecule has 2 aromatic heterocycles. The fraction of sp³-hybridized carbons (Fsp3) is 0.294. The molecule has 0 saturated heterocycles. The number of pyridine rings is 1. The number of hydrogen-bond donors (Lipinski definition) is 0. The zero-order chi connectivity index (χ0) is 15.2. The fourth-order valence-corrected chi connectivity index (χ4v) is 2.59. The van der Waals surface area contributed by atoms with Crippen LogP contribution in [0.2, 0.25) is 0 Å². The lowest BCUT2D eigenvalue weighted by Gasteiger charge is -2.25. The van der Waals surface area contributed by atoms with Crippen LogP contribution in [0.1, 0.15) is 26.3 Å². The number of aromatic nitrogens is 3. The average molecular weight is 281 g/mol. The maximum atomic E-state index is 12.7. The van der Waals surface area contributed by atoms with E-state index in [0.717, 1.165) is 11.2 Å². The molecule has 0 aliphatic carbocycles. The summed E-state index contributed by atoms with van der Waals surface area (Å²) in [7, 11) is 0. The second-order valence-electron chi connectivity index (χ2n) is 6.33. The Kier molecular flexibility index (Phi) is 2.97. The summed E-state index contributed by atoms with van der Waals surface area (Å²) < 4.78 is 3.78. The molecule has 0 unspecified atom stereocenters. The first-order valence-corrected chi connectivity index (χ1v) is 7.05. The molecule has 0 bridgehead atoms. The molecule has 3 aromatic rings. The number of fused-ring (bicyclic) bond motifs is 1. The predicted molar refractivity (Wildman–Crippen MR) is 85.1 cm³/mol. The fourth-order valence-electron chi connectivity index (χ4n) is 2.59. The molecule has 4 nitrogen and oxygen atoms in total. The van der Waals surface area contributed by atoms with Crippen molar-refractivity contribution >= 4 is 10.9 Å². The topological polar surface area (TPSA) is 39.8 Å². The first kappa shape index (κ1) is 13.6. The molecule has 21 heavy (non-hydrogen) atoms. The molecule has 0 fully saturated rings. The van der Waals surface area contributed by atoms with Gasteiger partial charge in [-0.05, 0) is 45.9 Å². The molecule has 0 N–H and O–H groups in total. The van der Waals surface area contributed by atoms with Crippen molar-refractivity contribution in [3.8, 4) is 5.69 Å². The molecule has 4 heteroatoms. The van der Waals surface area contributed by atoms with Gasteiger partial charge in [-0.1, -0.05) is 17.7 Å². The smallest absolute Gasteiger partial charge is 0.267 e. The Morgan fingerprint density at radius 3 is 2.33 bits per heavy atom. The molecule has 0 amide bonds. The highest BCUT2D eigenvalue weighted by molar-refractivity contribution is 5.79. The molecule has 108 valence electrons. The summed E-state index contributed by atoms with van der Waals surface area (Å²) in [5.74, 6) is 0. The zero-order valence-electron chi connectivity index (χ0n) is 12.8. The van der Waals surface area contributed by atoms with Gasteiger partial charge in [-0.25, -0.2) is 9.36 Å². The molecule has 0 saturated carbocycles. The Balaban J connectivity index is 2.45. The zero-order valence-corrected chi connectivity index (χ0v) is 12.8. The molecule has 0 aliphatic heterocycles. The highest BCUT2D eigenvalue weighted by Crippen LogP contribution is 2.22. The number of benzene rings is 1. The van der Waals surface area contributed by atoms with Gasteiger partial charge in [-0.3, -0.25) is 9.78 Å². The van der Waals surface area contributed by atoms with E-state index in [4.69, 9.17) is 0 Å². The van der Waals surface area contributed by atoms with Crippen molar-refractivity contribution in [3.63, 3.8) is 0 Å². The number of rotatable bonds is 1. The van der Waals surface area contributed by atoms with Crippen LogP contribution in [0.5, 0.6) is 0 Å². The van der Waals surface area contributed by atoms with Crippen LogP contribution in [0.3, 0.4) is 0 Å². The Hall–Kier alpha value is -2.36. The summed E-state index contributed by atoms with van der Waals surface area (Å²) in [6.07, 6.45) is 3.37. The van der Waals surface area contributed by atoms with Crippen LogP contribution in [0, 0.1) is 6.92 Å². The summed E-state index contributed by atoms with van der Waals surface area (Å²) >= 11 is 0. The van der Waals surface area contributed by atoms with E-state index in [0.29, 0.717) is 5.39 Å². The van der Waals surface area contributed by atoms with Crippen molar-refractivity contribution in [1.82, 2.24) is 14.3 Å². The second-order valence-corrected chi connectivity index (χ2v) is 6.33. The lowest BCUT2D eigenvalue weighted by molar-refractivity contribution is 0.323. The van der Waals surface area contributed by atoms with Gasteiger partial charge >= 0.3 is 0 Å². The molecule has 2 heterocycles. The maximum Gasteiger partial charge on any atom is 0.276 e. The van der Waals surface area contributed by atoms with Gasteiger partial charge in [0.05, 0.1) is 22.1 Å². The van der Waals surface area contributed by atoms with Crippen molar-refractivity contribution in [2.24, 2.45) is 0 Å². The van der Waals surface area contributed by atoms with E-state index in [1.54, 1.807) is 17.1 Å². The third-order valence-corrected chi connectivity index (χ3v) is 3.56. The first-order valence-electron chi connectivity index (χ1n) is 7.05. The van der Waals surface area contributed by atoms with Crippen molar-refractivity contribution in [2.45, 2.75) is 33.2 Å². The van der Waals surface area contributed by atoms with Crippen LogP contribution in [0.4, 0.5) is 0 Å². The molecule has 0 radical (unpaired) electrons. The van der Waals surface area contributed by atoms with Crippen molar-refractivity contribution in [2.75, 3.05) is 0 Å². The average Bonchev–Trinajstić information content (AvgIpc) is 2.74. The van der Waals surface area contributed by atoms with E-state index in [1.165, 1.54) is 5.56 Å². The first-order chi connectivity index (χ1) is 9.89. The van der Waals surface area contributed by atoms with Crippen molar-refractivity contribution < 1.29 is 0 Å². The normalized spacial score (nSPS) is 12.0. The number of nitrogens with zero attached hydrogens (tertiary/aromatic N) is 3. The molecule has 0 atom stereocenters. The molecular weight excluding hydrogens is 262 g/mol. The van der Waals surface area contributed by atoms with Gasteiger partial charge in [0.1, 0.15) is 0 Å². The maximum absolute atomic E-state index is 12.7. The minimum atomic E-state index is -0.318. The Morgan fingerprint density at radius 2 is 1.71 bits per heavy atom. The van der Waals surface area contributed by atoms with Gasteiger partial charge in [0, 0.05) is 12.4 Å². The highest BCUT2D eigenvalue weighted by Gasteiger charge is 2.23. The van der Waals surface area contributed by atoms with E-state index in [-0.39, 0.29) is 11.1 Å². The van der Waals surface area contributed by atoms with E-state index < -0.39 is 0 Å². The Morgan fingerprint density at radius 1 is 1.05 bits per heavy atom. The summed E-state index contributed by atoms with van der Waals surface area (Å²) in [6, 6.07) is 10.1. The minimum Gasteiger partial charge on any atom is -0.267 e. The van der Waals surface area contributed by atoms with Gasteiger partial charge < -0.3 is 0 Å². The van der Waals surface area contributed by atoms with Crippen molar-refractivity contribution in [3.05, 3.63) is 58.6 Å². The lowest BCUT2D eigenvalue weighted by Crippen LogP contribution is -2.36. The van der Waals surface area contributed by atoms with Gasteiger partial charge in [0.15, 0.2) is 0 Å². The van der Waals surface area contributed by atoms with Crippen LogP contribution in [0.25, 0.3) is 16.6 Å². The Labute approximate surface area is 123 Å². The van der Waals surface area contributed by atoms with Crippen LogP contribution >= 0.6 is 0 Å². The van der Waals surface area contributed by atoms with E-state index >= 15 is 0 Å². The second kappa shape index (κ2) is 4.58. The third-order valence-electron chi connectivity index (χ3n) is 3.56. The SMILES string of the molecule is Cc1ccc(-n2c3ccncc3c(=O)n2C(C)(C)C)cc1. The molecule has 3 rings (SSSR count).